The van der Waals surface area contributed by atoms with Gasteiger partial charge in [-0.2, -0.15) is 0 Å². The average Bonchev–Trinajstić information content (AvgIpc) is 2.73. The molecule has 0 spiro atoms. The van der Waals surface area contributed by atoms with E-state index in [0.29, 0.717) is 22.4 Å². The highest BCUT2D eigenvalue weighted by molar-refractivity contribution is 7.93. The third-order valence-corrected chi connectivity index (χ3v) is 7.32. The summed E-state index contributed by atoms with van der Waals surface area (Å²) in [5, 5.41) is 3.02. The second kappa shape index (κ2) is 7.71. The average molecular weight is 433 g/mol. The second-order valence-electron chi connectivity index (χ2n) is 7.78. The highest BCUT2D eigenvalue weighted by Gasteiger charge is 2.34. The van der Waals surface area contributed by atoms with Gasteiger partial charge in [0.1, 0.15) is 0 Å². The minimum Gasteiger partial charge on any atom is -0.322 e. The van der Waals surface area contributed by atoms with Crippen molar-refractivity contribution in [2.24, 2.45) is 0 Å². The molecular formula is C25H24N2O3S. The van der Waals surface area contributed by atoms with Gasteiger partial charge in [0, 0.05) is 22.4 Å². The van der Waals surface area contributed by atoms with Crippen molar-refractivity contribution in [3.63, 3.8) is 0 Å². The summed E-state index contributed by atoms with van der Waals surface area (Å²) in [6, 6.07) is 16.0. The minimum atomic E-state index is -3.69. The van der Waals surface area contributed by atoms with Crippen molar-refractivity contribution in [2.75, 3.05) is 16.2 Å². The number of aryl methyl sites for hydroxylation is 3. The van der Waals surface area contributed by atoms with Gasteiger partial charge in [-0.25, -0.2) is 8.42 Å². The van der Waals surface area contributed by atoms with Gasteiger partial charge in [-0.05, 0) is 56.2 Å². The second-order valence-corrected chi connectivity index (χ2v) is 9.61. The summed E-state index contributed by atoms with van der Waals surface area (Å²) in [7, 11) is -3.69. The van der Waals surface area contributed by atoms with E-state index < -0.39 is 10.0 Å². The molecule has 1 heterocycles. The SMILES string of the molecule is C=CCN1c2ccc(C(=O)Nc3c(C)cc(C)cc3C)cc2-c2ccccc2S1(=O)=O. The van der Waals surface area contributed by atoms with E-state index in [0.717, 1.165) is 22.4 Å². The quantitative estimate of drug-likeness (QED) is 0.575. The standard InChI is InChI=1S/C25H24N2O3S/c1-5-12-27-22-11-10-19(25(28)26-24-17(3)13-16(2)14-18(24)4)15-21(22)20-8-6-7-9-23(20)31(27,29)30/h5-11,13-15H,1,12H2,2-4H3,(H,26,28). The lowest BCUT2D eigenvalue weighted by molar-refractivity contribution is 0.102. The molecule has 1 amide bonds. The minimum absolute atomic E-state index is 0.150. The molecule has 6 heteroatoms. The van der Waals surface area contributed by atoms with Crippen molar-refractivity contribution in [2.45, 2.75) is 25.7 Å². The largest absolute Gasteiger partial charge is 0.322 e. The normalized spacial score (nSPS) is 13.8. The van der Waals surface area contributed by atoms with Crippen molar-refractivity contribution in [3.05, 3.63) is 89.5 Å². The fraction of sp³-hybridized carbons (Fsp3) is 0.160. The first-order chi connectivity index (χ1) is 14.7. The maximum atomic E-state index is 13.1. The van der Waals surface area contributed by atoms with Gasteiger partial charge in [0.25, 0.3) is 15.9 Å². The van der Waals surface area contributed by atoms with Crippen LogP contribution in [-0.4, -0.2) is 20.9 Å². The Morgan fingerprint density at radius 1 is 1.00 bits per heavy atom. The number of hydrogen-bond acceptors (Lipinski definition) is 3. The van der Waals surface area contributed by atoms with Gasteiger partial charge in [-0.1, -0.05) is 42.0 Å². The van der Waals surface area contributed by atoms with Crippen molar-refractivity contribution in [1.29, 1.82) is 0 Å². The Morgan fingerprint density at radius 2 is 1.68 bits per heavy atom. The van der Waals surface area contributed by atoms with Gasteiger partial charge in [-0.3, -0.25) is 9.10 Å². The molecule has 31 heavy (non-hydrogen) atoms. The van der Waals surface area contributed by atoms with Crippen molar-refractivity contribution >= 4 is 27.3 Å². The van der Waals surface area contributed by atoms with Crippen molar-refractivity contribution in [1.82, 2.24) is 0 Å². The number of carbonyl (C=O) groups excluding carboxylic acids is 1. The van der Waals surface area contributed by atoms with Gasteiger partial charge in [0.2, 0.25) is 0 Å². The zero-order valence-corrected chi connectivity index (χ0v) is 18.6. The number of fused-ring (bicyclic) bond motifs is 3. The lowest BCUT2D eigenvalue weighted by Gasteiger charge is -2.31. The Morgan fingerprint density at radius 3 is 2.35 bits per heavy atom. The van der Waals surface area contributed by atoms with Crippen LogP contribution in [-0.2, 0) is 10.0 Å². The molecule has 0 bridgehead atoms. The summed E-state index contributed by atoms with van der Waals surface area (Å²) >= 11 is 0. The number of anilines is 2. The Kier molecular flexibility index (Phi) is 5.19. The van der Waals surface area contributed by atoms with E-state index >= 15 is 0 Å². The molecule has 0 unspecified atom stereocenters. The zero-order chi connectivity index (χ0) is 22.3. The summed E-state index contributed by atoms with van der Waals surface area (Å²) in [5.74, 6) is -0.237. The molecule has 0 fully saturated rings. The zero-order valence-electron chi connectivity index (χ0n) is 17.8. The molecule has 1 N–H and O–H groups in total. The van der Waals surface area contributed by atoms with Crippen molar-refractivity contribution < 1.29 is 13.2 Å². The number of nitrogens with one attached hydrogen (secondary N) is 1. The third kappa shape index (κ3) is 3.53. The van der Waals surface area contributed by atoms with E-state index in [2.05, 4.69) is 11.9 Å². The first-order valence-corrected chi connectivity index (χ1v) is 11.4. The monoisotopic (exact) mass is 432 g/mol. The first kappa shape index (κ1) is 20.9. The summed E-state index contributed by atoms with van der Waals surface area (Å²) in [5.41, 5.74) is 6.23. The van der Waals surface area contributed by atoms with Gasteiger partial charge >= 0.3 is 0 Å². The Hall–Kier alpha value is -3.38. The van der Waals surface area contributed by atoms with E-state index in [-0.39, 0.29) is 17.3 Å². The molecule has 5 nitrogen and oxygen atoms in total. The van der Waals surface area contributed by atoms with Crippen LogP contribution < -0.4 is 9.62 Å². The van der Waals surface area contributed by atoms with Crippen LogP contribution in [0.15, 0.2) is 72.1 Å². The maximum absolute atomic E-state index is 13.1. The van der Waals surface area contributed by atoms with E-state index in [1.54, 1.807) is 48.5 Å². The predicted molar refractivity (Wildman–Crippen MR) is 125 cm³/mol. The van der Waals surface area contributed by atoms with Gasteiger partial charge < -0.3 is 5.32 Å². The van der Waals surface area contributed by atoms with Crippen molar-refractivity contribution in [3.8, 4) is 11.1 Å². The molecule has 0 aromatic heterocycles. The Labute approximate surface area is 183 Å². The van der Waals surface area contributed by atoms with E-state index in [1.807, 2.05) is 32.9 Å². The van der Waals surface area contributed by atoms with E-state index in [1.165, 1.54) is 4.31 Å². The maximum Gasteiger partial charge on any atom is 0.265 e. The molecule has 0 atom stereocenters. The lowest BCUT2D eigenvalue weighted by Crippen LogP contribution is -2.34. The van der Waals surface area contributed by atoms with Crippen LogP contribution in [0.1, 0.15) is 27.0 Å². The topological polar surface area (TPSA) is 66.5 Å². The summed E-state index contributed by atoms with van der Waals surface area (Å²) < 4.78 is 27.6. The summed E-state index contributed by atoms with van der Waals surface area (Å²) in [6.07, 6.45) is 1.55. The molecule has 0 saturated carbocycles. The van der Waals surface area contributed by atoms with Crippen LogP contribution in [0.2, 0.25) is 0 Å². The molecule has 1 aliphatic rings. The van der Waals surface area contributed by atoms with Crippen LogP contribution in [0.5, 0.6) is 0 Å². The van der Waals surface area contributed by atoms with Crippen LogP contribution in [0.25, 0.3) is 11.1 Å². The number of benzene rings is 3. The third-order valence-electron chi connectivity index (χ3n) is 5.48. The highest BCUT2D eigenvalue weighted by Crippen LogP contribution is 2.43. The molecule has 3 aromatic carbocycles. The number of rotatable bonds is 4. The molecular weight excluding hydrogens is 408 g/mol. The molecule has 158 valence electrons. The lowest BCUT2D eigenvalue weighted by atomic mass is 9.99. The molecule has 3 aromatic rings. The Balaban J connectivity index is 1.80. The fourth-order valence-corrected chi connectivity index (χ4v) is 5.81. The van der Waals surface area contributed by atoms with E-state index in [4.69, 9.17) is 0 Å². The smallest absolute Gasteiger partial charge is 0.265 e. The first-order valence-electron chi connectivity index (χ1n) is 10.0. The van der Waals surface area contributed by atoms with Crippen LogP contribution in [0.4, 0.5) is 11.4 Å². The number of hydrogen-bond donors (Lipinski definition) is 1. The molecule has 0 radical (unpaired) electrons. The Bertz CT molecular complexity index is 1300. The van der Waals surface area contributed by atoms with E-state index in [9.17, 15) is 13.2 Å². The number of amides is 1. The van der Waals surface area contributed by atoms with Gasteiger partial charge in [-0.15, -0.1) is 6.58 Å². The van der Waals surface area contributed by atoms with Crippen LogP contribution >= 0.6 is 0 Å². The predicted octanol–water partition coefficient (Wildman–Crippen LogP) is 5.23. The molecule has 0 aliphatic carbocycles. The van der Waals surface area contributed by atoms with Gasteiger partial charge in [0.15, 0.2) is 0 Å². The molecule has 1 aliphatic heterocycles. The fourth-order valence-electron chi connectivity index (χ4n) is 4.15. The van der Waals surface area contributed by atoms with Crippen LogP contribution in [0, 0.1) is 20.8 Å². The number of sulfonamides is 1. The number of carbonyl (C=O) groups is 1. The molecule has 0 saturated heterocycles. The van der Waals surface area contributed by atoms with Gasteiger partial charge in [0.05, 0.1) is 17.1 Å². The summed E-state index contributed by atoms with van der Waals surface area (Å²) in [6.45, 7) is 9.81. The summed E-state index contributed by atoms with van der Waals surface area (Å²) in [4.78, 5) is 13.3. The highest BCUT2D eigenvalue weighted by atomic mass is 32.2. The van der Waals surface area contributed by atoms with Crippen LogP contribution in [0.3, 0.4) is 0 Å². The number of nitrogens with zero attached hydrogens (tertiary/aromatic N) is 1. The molecule has 4 rings (SSSR count).